The van der Waals surface area contributed by atoms with E-state index < -0.39 is 5.60 Å². The number of hydrogen-bond acceptors (Lipinski definition) is 3. The lowest BCUT2D eigenvalue weighted by Crippen LogP contribution is -2.29. The normalized spacial score (nSPS) is 22.0. The molecule has 0 saturated carbocycles. The summed E-state index contributed by atoms with van der Waals surface area (Å²) in [7, 11) is 4.10. The molecule has 1 aliphatic heterocycles. The lowest BCUT2D eigenvalue weighted by molar-refractivity contribution is -0.0117. The molecule has 130 valence electrons. The van der Waals surface area contributed by atoms with E-state index >= 15 is 0 Å². The molecule has 0 aromatic heterocycles. The molecule has 0 saturated heterocycles. The molecule has 1 unspecified atom stereocenters. The first-order valence-corrected chi connectivity index (χ1v) is 9.48. The van der Waals surface area contributed by atoms with E-state index in [1.54, 1.807) is 0 Å². The Labute approximate surface area is 161 Å². The Bertz CT molecular complexity index is 800. The number of ether oxygens (including phenoxy) is 1. The Morgan fingerprint density at radius 3 is 2.60 bits per heavy atom. The minimum absolute atomic E-state index is 0.134. The van der Waals surface area contributed by atoms with Crippen LogP contribution in [-0.2, 0) is 10.3 Å². The van der Waals surface area contributed by atoms with Gasteiger partial charge in [0.25, 0.3) is 0 Å². The number of fused-ring (bicyclic) bond motifs is 1. The van der Waals surface area contributed by atoms with Gasteiger partial charge >= 0.3 is 0 Å². The summed E-state index contributed by atoms with van der Waals surface area (Å²) in [5.41, 5.74) is 3.11. The van der Waals surface area contributed by atoms with E-state index in [4.69, 9.17) is 4.74 Å². The second-order valence-corrected chi connectivity index (χ2v) is 7.72. The van der Waals surface area contributed by atoms with Crippen molar-refractivity contribution in [2.24, 2.45) is 0 Å². The highest BCUT2D eigenvalue weighted by Gasteiger charge is 2.45. The number of rotatable bonds is 5. The van der Waals surface area contributed by atoms with E-state index in [1.807, 2.05) is 44.4 Å². The van der Waals surface area contributed by atoms with Crippen LogP contribution in [0.5, 0.6) is 0 Å². The predicted molar refractivity (Wildman–Crippen MR) is 104 cm³/mol. The van der Waals surface area contributed by atoms with Gasteiger partial charge in [-0.1, -0.05) is 18.2 Å². The lowest BCUT2D eigenvalue weighted by Gasteiger charge is -2.31. The van der Waals surface area contributed by atoms with Gasteiger partial charge in [-0.25, -0.2) is 4.39 Å². The molecule has 1 aliphatic rings. The van der Waals surface area contributed by atoms with E-state index in [-0.39, 0.29) is 9.93 Å². The molecule has 1 heterocycles. The number of nitriles is 1. The van der Waals surface area contributed by atoms with Crippen LogP contribution >= 0.6 is 22.6 Å². The van der Waals surface area contributed by atoms with Crippen molar-refractivity contribution < 1.29 is 9.13 Å². The fourth-order valence-corrected chi connectivity index (χ4v) is 4.37. The first-order chi connectivity index (χ1) is 12.0. The third-order valence-corrected chi connectivity index (χ3v) is 5.53. The molecule has 0 spiro atoms. The van der Waals surface area contributed by atoms with Crippen molar-refractivity contribution in [3.05, 3.63) is 70.5 Å². The average molecular weight is 450 g/mol. The zero-order chi connectivity index (χ0) is 18.0. The molecular formula is C20H20FIN2O. The summed E-state index contributed by atoms with van der Waals surface area (Å²) >= 11 is 2.26. The van der Waals surface area contributed by atoms with Gasteiger partial charge in [0.15, 0.2) is 0 Å². The molecule has 2 aromatic carbocycles. The minimum atomic E-state index is -0.598. The summed E-state index contributed by atoms with van der Waals surface area (Å²) in [6, 6.07) is 14.5. The molecular weight excluding hydrogens is 430 g/mol. The van der Waals surface area contributed by atoms with Gasteiger partial charge in [0.05, 0.1) is 11.6 Å². The molecule has 0 N–H and O–H groups in total. The van der Waals surface area contributed by atoms with Crippen LogP contribution in [0, 0.1) is 17.1 Å². The quantitative estimate of drug-likeness (QED) is 0.488. The summed E-state index contributed by atoms with van der Waals surface area (Å²) in [6.45, 7) is 0.948. The Morgan fingerprint density at radius 1 is 1.24 bits per heavy atom. The van der Waals surface area contributed by atoms with Crippen molar-refractivity contribution in [1.29, 1.82) is 5.26 Å². The number of alkyl halides is 1. The highest BCUT2D eigenvalue weighted by atomic mass is 127. The second-order valence-electron chi connectivity index (χ2n) is 6.59. The van der Waals surface area contributed by atoms with Crippen LogP contribution in [0.25, 0.3) is 0 Å². The van der Waals surface area contributed by atoms with Gasteiger partial charge in [0.1, 0.15) is 15.5 Å². The highest BCUT2D eigenvalue weighted by molar-refractivity contribution is 14.1. The van der Waals surface area contributed by atoms with Crippen molar-refractivity contribution in [3.63, 3.8) is 0 Å². The molecule has 2 aromatic rings. The number of hydrogen-bond donors (Lipinski definition) is 0. The summed E-state index contributed by atoms with van der Waals surface area (Å²) in [5.74, 6) is -0.253. The van der Waals surface area contributed by atoms with Gasteiger partial charge in [0.2, 0.25) is 0 Å². The summed E-state index contributed by atoms with van der Waals surface area (Å²) in [6.07, 6.45) is 1.75. The zero-order valence-electron chi connectivity index (χ0n) is 14.3. The van der Waals surface area contributed by atoms with Crippen LogP contribution in [0.1, 0.15) is 39.2 Å². The van der Waals surface area contributed by atoms with Gasteiger partial charge in [-0.2, -0.15) is 5.26 Å². The number of benzene rings is 2. The molecule has 5 heteroatoms. The van der Waals surface area contributed by atoms with E-state index in [9.17, 15) is 9.65 Å². The Hall–Kier alpha value is -1.49. The molecule has 2 atom stereocenters. The maximum absolute atomic E-state index is 13.4. The molecule has 25 heavy (non-hydrogen) atoms. The van der Waals surface area contributed by atoms with Gasteiger partial charge in [-0.05, 0) is 97.0 Å². The minimum Gasteiger partial charge on any atom is -0.347 e. The van der Waals surface area contributed by atoms with Crippen molar-refractivity contribution in [3.8, 4) is 6.07 Å². The molecule has 3 rings (SSSR count). The Morgan fingerprint density at radius 2 is 1.96 bits per heavy atom. The van der Waals surface area contributed by atoms with Crippen molar-refractivity contribution in [2.75, 3.05) is 20.6 Å². The predicted octanol–water partition coefficient (Wildman–Crippen LogP) is 4.75. The van der Waals surface area contributed by atoms with Crippen LogP contribution in [0.4, 0.5) is 4.39 Å². The topological polar surface area (TPSA) is 36.3 Å². The van der Waals surface area contributed by atoms with Crippen molar-refractivity contribution in [1.82, 2.24) is 4.90 Å². The van der Waals surface area contributed by atoms with Gasteiger partial charge in [-0.15, -0.1) is 0 Å². The van der Waals surface area contributed by atoms with Crippen molar-refractivity contribution in [2.45, 2.75) is 22.6 Å². The molecule has 3 nitrogen and oxygen atoms in total. The van der Waals surface area contributed by atoms with Crippen LogP contribution in [0.2, 0.25) is 0 Å². The fourth-order valence-electron chi connectivity index (χ4n) is 3.42. The maximum Gasteiger partial charge on any atom is 0.135 e. The molecule has 0 amide bonds. The van der Waals surface area contributed by atoms with E-state index in [2.05, 4.69) is 33.6 Å². The van der Waals surface area contributed by atoms with Crippen LogP contribution in [-0.4, -0.2) is 25.5 Å². The second kappa shape index (κ2) is 7.40. The van der Waals surface area contributed by atoms with Crippen LogP contribution < -0.4 is 0 Å². The third kappa shape index (κ3) is 3.57. The maximum atomic E-state index is 13.4. The number of halogens is 2. The van der Waals surface area contributed by atoms with E-state index in [0.29, 0.717) is 5.56 Å². The smallest absolute Gasteiger partial charge is 0.135 e. The van der Waals surface area contributed by atoms with Crippen molar-refractivity contribution >= 4 is 22.6 Å². The Kier molecular flexibility index (Phi) is 5.42. The summed E-state index contributed by atoms with van der Waals surface area (Å²) < 4.78 is 19.8. The first kappa shape index (κ1) is 18.3. The SMILES string of the molecule is CN(C)CCC[C@@]1(c2ccc(F)cc2)OC(I)c2cc(C#N)ccc21. The molecule has 0 bridgehead atoms. The molecule has 0 radical (unpaired) electrons. The summed E-state index contributed by atoms with van der Waals surface area (Å²) in [5, 5.41) is 9.19. The zero-order valence-corrected chi connectivity index (χ0v) is 16.5. The largest absolute Gasteiger partial charge is 0.347 e. The number of nitrogens with zero attached hydrogens (tertiary/aromatic N) is 2. The fraction of sp³-hybridized carbons (Fsp3) is 0.350. The van der Waals surface area contributed by atoms with Gasteiger partial charge in [0, 0.05) is 0 Å². The van der Waals surface area contributed by atoms with Crippen LogP contribution in [0.15, 0.2) is 42.5 Å². The Balaban J connectivity index is 2.07. The summed E-state index contributed by atoms with van der Waals surface area (Å²) in [4.78, 5) is 2.15. The van der Waals surface area contributed by atoms with Gasteiger partial charge in [-0.3, -0.25) is 0 Å². The first-order valence-electron chi connectivity index (χ1n) is 8.23. The highest BCUT2D eigenvalue weighted by Crippen LogP contribution is 2.52. The molecule has 0 aliphatic carbocycles. The lowest BCUT2D eigenvalue weighted by atomic mass is 9.81. The monoisotopic (exact) mass is 450 g/mol. The van der Waals surface area contributed by atoms with Gasteiger partial charge < -0.3 is 9.64 Å². The third-order valence-electron chi connectivity index (χ3n) is 4.61. The van der Waals surface area contributed by atoms with E-state index in [0.717, 1.165) is 36.1 Å². The average Bonchev–Trinajstić information content (AvgIpc) is 2.88. The molecule has 0 fully saturated rings. The van der Waals surface area contributed by atoms with Crippen LogP contribution in [0.3, 0.4) is 0 Å². The van der Waals surface area contributed by atoms with E-state index in [1.165, 1.54) is 12.1 Å². The standard InChI is InChI=1S/C20H20FIN2O/c1-24(2)11-3-10-20(15-5-7-16(21)8-6-15)18-9-4-14(13-23)12-17(18)19(22)25-20/h4-9,12,19H,3,10-11H2,1-2H3/t19?,20-/m0/s1.